The fourth-order valence-electron chi connectivity index (χ4n) is 5.28. The van der Waals surface area contributed by atoms with Crippen LogP contribution in [0.1, 0.15) is 50.6 Å². The average molecular weight is 443 g/mol. The molecule has 0 saturated heterocycles. The molecule has 0 aromatic heterocycles. The number of carbonyl (C=O) groups excluding carboxylic acids is 3. The molecule has 2 amide bonds. The zero-order valence-electron chi connectivity index (χ0n) is 18.5. The Kier molecular flexibility index (Phi) is 6.67. The number of carbonyl (C=O) groups is 3. The predicted octanol–water partition coefficient (Wildman–Crippen LogP) is 3.24. The molecular formula is C24H30N2O6. The van der Waals surface area contributed by atoms with Gasteiger partial charge >= 0.3 is 18.0 Å². The molecular weight excluding hydrogens is 412 g/mol. The van der Waals surface area contributed by atoms with E-state index in [4.69, 9.17) is 14.2 Å². The van der Waals surface area contributed by atoms with Crippen molar-refractivity contribution in [1.82, 2.24) is 10.6 Å². The molecule has 172 valence electrons. The zero-order valence-corrected chi connectivity index (χ0v) is 18.5. The van der Waals surface area contributed by atoms with Crippen molar-refractivity contribution in [1.29, 1.82) is 0 Å². The molecule has 2 bridgehead atoms. The number of urea groups is 1. The first kappa shape index (κ1) is 22.2. The van der Waals surface area contributed by atoms with Crippen molar-refractivity contribution in [2.75, 3.05) is 20.3 Å². The van der Waals surface area contributed by atoms with Crippen LogP contribution in [-0.2, 0) is 19.1 Å². The first-order chi connectivity index (χ1) is 15.5. The van der Waals surface area contributed by atoms with E-state index >= 15 is 0 Å². The minimum Gasteiger partial charge on any atom is -0.497 e. The van der Waals surface area contributed by atoms with Crippen LogP contribution in [-0.4, -0.2) is 38.3 Å². The second-order valence-corrected chi connectivity index (χ2v) is 8.72. The Balaban J connectivity index is 1.51. The number of ether oxygens (including phenoxy) is 3. The van der Waals surface area contributed by atoms with Crippen molar-refractivity contribution in [3.05, 3.63) is 41.1 Å². The van der Waals surface area contributed by atoms with Gasteiger partial charge in [0.15, 0.2) is 0 Å². The van der Waals surface area contributed by atoms with E-state index in [9.17, 15) is 14.4 Å². The van der Waals surface area contributed by atoms with Gasteiger partial charge in [-0.2, -0.15) is 0 Å². The van der Waals surface area contributed by atoms with Crippen LogP contribution in [0.15, 0.2) is 35.5 Å². The second kappa shape index (κ2) is 9.63. The Bertz CT molecular complexity index is 910. The lowest BCUT2D eigenvalue weighted by atomic mass is 9.86. The highest BCUT2D eigenvalue weighted by Crippen LogP contribution is 2.49. The average Bonchev–Trinajstić information content (AvgIpc) is 3.41. The van der Waals surface area contributed by atoms with Gasteiger partial charge in [0.05, 0.1) is 31.0 Å². The molecule has 1 aromatic carbocycles. The van der Waals surface area contributed by atoms with Gasteiger partial charge in [0, 0.05) is 6.42 Å². The third kappa shape index (κ3) is 4.74. The van der Waals surface area contributed by atoms with Gasteiger partial charge in [-0.15, -0.1) is 0 Å². The molecule has 2 fully saturated rings. The van der Waals surface area contributed by atoms with Gasteiger partial charge in [0.2, 0.25) is 0 Å². The summed E-state index contributed by atoms with van der Waals surface area (Å²) in [7, 11) is 1.56. The minimum atomic E-state index is -0.729. The molecule has 1 aromatic rings. The number of hydrogen-bond donors (Lipinski definition) is 2. The molecule has 0 spiro atoms. The molecule has 2 saturated carbocycles. The van der Waals surface area contributed by atoms with Gasteiger partial charge in [0.25, 0.3) is 0 Å². The molecule has 32 heavy (non-hydrogen) atoms. The normalized spacial score (nSPS) is 26.4. The van der Waals surface area contributed by atoms with Crippen LogP contribution in [0.25, 0.3) is 0 Å². The number of methoxy groups -OCH3 is 1. The van der Waals surface area contributed by atoms with E-state index < -0.39 is 18.0 Å². The highest BCUT2D eigenvalue weighted by Gasteiger charge is 2.40. The lowest BCUT2D eigenvalue weighted by molar-refractivity contribution is -0.145. The Morgan fingerprint density at radius 1 is 1.09 bits per heavy atom. The van der Waals surface area contributed by atoms with Crippen molar-refractivity contribution in [2.45, 2.75) is 45.1 Å². The molecule has 3 aliphatic rings. The summed E-state index contributed by atoms with van der Waals surface area (Å²) < 4.78 is 15.9. The van der Waals surface area contributed by atoms with Crippen LogP contribution in [0, 0.1) is 17.8 Å². The van der Waals surface area contributed by atoms with Crippen LogP contribution in [0.2, 0.25) is 0 Å². The molecule has 8 nitrogen and oxygen atoms in total. The fraction of sp³-hybridized carbons (Fsp3) is 0.542. The monoisotopic (exact) mass is 442 g/mol. The molecule has 2 N–H and O–H groups in total. The third-order valence-corrected chi connectivity index (χ3v) is 6.79. The summed E-state index contributed by atoms with van der Waals surface area (Å²) in [6, 6.07) is 5.84. The van der Waals surface area contributed by atoms with Gasteiger partial charge in [-0.25, -0.2) is 9.59 Å². The first-order valence-electron chi connectivity index (χ1n) is 11.3. The van der Waals surface area contributed by atoms with Crippen LogP contribution in [0.5, 0.6) is 5.75 Å². The summed E-state index contributed by atoms with van der Waals surface area (Å²) in [6.07, 6.45) is 5.18. The number of hydrogen-bond acceptors (Lipinski definition) is 6. The Morgan fingerprint density at radius 2 is 1.88 bits per heavy atom. The van der Waals surface area contributed by atoms with Crippen molar-refractivity contribution >= 4 is 18.0 Å². The van der Waals surface area contributed by atoms with Crippen LogP contribution >= 0.6 is 0 Å². The molecule has 4 unspecified atom stereocenters. The SMILES string of the molecule is CCOC(=O)C1=C(COC(=O)CC2CC3CCC2C3)NC(=O)NC1c1ccc(OC)cc1. The van der Waals surface area contributed by atoms with Crippen molar-refractivity contribution in [3.63, 3.8) is 0 Å². The Labute approximate surface area is 187 Å². The third-order valence-electron chi connectivity index (χ3n) is 6.79. The van der Waals surface area contributed by atoms with Crippen LogP contribution in [0.4, 0.5) is 4.79 Å². The number of benzene rings is 1. The molecule has 1 heterocycles. The number of fused-ring (bicyclic) bond motifs is 2. The lowest BCUT2D eigenvalue weighted by Gasteiger charge is -2.29. The predicted molar refractivity (Wildman–Crippen MR) is 116 cm³/mol. The van der Waals surface area contributed by atoms with E-state index in [1.54, 1.807) is 38.3 Å². The smallest absolute Gasteiger partial charge is 0.338 e. The van der Waals surface area contributed by atoms with E-state index in [-0.39, 0.29) is 30.5 Å². The summed E-state index contributed by atoms with van der Waals surface area (Å²) >= 11 is 0. The number of amides is 2. The van der Waals surface area contributed by atoms with E-state index in [1.165, 1.54) is 19.3 Å². The van der Waals surface area contributed by atoms with Crippen molar-refractivity contribution in [3.8, 4) is 5.75 Å². The largest absolute Gasteiger partial charge is 0.497 e. The second-order valence-electron chi connectivity index (χ2n) is 8.72. The van der Waals surface area contributed by atoms with Gasteiger partial charge in [0.1, 0.15) is 12.4 Å². The van der Waals surface area contributed by atoms with Crippen molar-refractivity contribution in [2.24, 2.45) is 17.8 Å². The molecule has 0 radical (unpaired) electrons. The summed E-state index contributed by atoms with van der Waals surface area (Å²) in [5, 5.41) is 5.40. The van der Waals surface area contributed by atoms with E-state index in [0.29, 0.717) is 29.6 Å². The Morgan fingerprint density at radius 3 is 2.50 bits per heavy atom. The fourth-order valence-corrected chi connectivity index (χ4v) is 5.28. The van der Waals surface area contributed by atoms with E-state index in [0.717, 1.165) is 12.3 Å². The molecule has 1 aliphatic heterocycles. The van der Waals surface area contributed by atoms with Crippen LogP contribution < -0.4 is 15.4 Å². The maximum atomic E-state index is 12.8. The highest BCUT2D eigenvalue weighted by molar-refractivity contribution is 5.95. The minimum absolute atomic E-state index is 0.183. The first-order valence-corrected chi connectivity index (χ1v) is 11.3. The van der Waals surface area contributed by atoms with Crippen LogP contribution in [0.3, 0.4) is 0 Å². The van der Waals surface area contributed by atoms with Gasteiger partial charge in [-0.1, -0.05) is 18.6 Å². The number of rotatable bonds is 8. The number of esters is 2. The maximum Gasteiger partial charge on any atom is 0.338 e. The Hall–Kier alpha value is -3.03. The van der Waals surface area contributed by atoms with Gasteiger partial charge in [-0.05, 0) is 61.6 Å². The lowest BCUT2D eigenvalue weighted by Crippen LogP contribution is -2.47. The molecule has 2 aliphatic carbocycles. The molecule has 4 atom stereocenters. The summed E-state index contributed by atoms with van der Waals surface area (Å²) in [4.78, 5) is 37.7. The molecule has 4 rings (SSSR count). The number of nitrogens with one attached hydrogen (secondary N) is 2. The summed E-state index contributed by atoms with van der Waals surface area (Å²) in [5.74, 6) is 1.55. The topological polar surface area (TPSA) is 103 Å². The summed E-state index contributed by atoms with van der Waals surface area (Å²) in [6.45, 7) is 1.71. The van der Waals surface area contributed by atoms with E-state index in [2.05, 4.69) is 10.6 Å². The maximum absolute atomic E-state index is 12.8. The van der Waals surface area contributed by atoms with Gasteiger partial charge in [-0.3, -0.25) is 4.79 Å². The zero-order chi connectivity index (χ0) is 22.7. The highest BCUT2D eigenvalue weighted by atomic mass is 16.5. The quantitative estimate of drug-likeness (QED) is 0.599. The standard InChI is InChI=1S/C24H30N2O6/c1-3-31-23(28)21-19(13-32-20(27)12-17-11-14-4-5-16(17)10-14)25-24(29)26-22(21)15-6-8-18(30-2)9-7-15/h6-9,14,16-17,22H,3-5,10-13H2,1-2H3,(H2,25,26,29). The van der Waals surface area contributed by atoms with E-state index in [1.807, 2.05) is 0 Å². The molecule has 8 heteroatoms. The summed E-state index contributed by atoms with van der Waals surface area (Å²) in [5.41, 5.74) is 1.16. The van der Waals surface area contributed by atoms with Gasteiger partial charge < -0.3 is 24.8 Å². The van der Waals surface area contributed by atoms with Crippen molar-refractivity contribution < 1.29 is 28.6 Å².